The largest absolute Gasteiger partial charge is 0.390 e. The Kier molecular flexibility index (Phi) is 4.50. The SMILES string of the molecule is C=C(C)CCC(O)C(C)(O)CC. The Morgan fingerprint density at radius 2 is 2.08 bits per heavy atom. The highest BCUT2D eigenvalue weighted by Crippen LogP contribution is 2.19. The molecule has 0 aromatic heterocycles. The second-order valence-corrected chi connectivity index (χ2v) is 3.72. The molecule has 0 aliphatic carbocycles. The molecule has 2 nitrogen and oxygen atoms in total. The van der Waals surface area contributed by atoms with Crippen molar-refractivity contribution in [3.05, 3.63) is 12.2 Å². The molecule has 0 saturated heterocycles. The van der Waals surface area contributed by atoms with Crippen LogP contribution in [0.25, 0.3) is 0 Å². The van der Waals surface area contributed by atoms with Gasteiger partial charge in [-0.05, 0) is 33.1 Å². The smallest absolute Gasteiger partial charge is 0.0875 e. The van der Waals surface area contributed by atoms with Crippen molar-refractivity contribution in [3.8, 4) is 0 Å². The lowest BCUT2D eigenvalue weighted by Gasteiger charge is -2.27. The minimum Gasteiger partial charge on any atom is -0.390 e. The highest BCUT2D eigenvalue weighted by molar-refractivity contribution is 4.91. The van der Waals surface area contributed by atoms with Crippen molar-refractivity contribution in [3.63, 3.8) is 0 Å². The lowest BCUT2D eigenvalue weighted by atomic mass is 9.92. The fourth-order valence-electron chi connectivity index (χ4n) is 0.930. The Balaban J connectivity index is 3.86. The van der Waals surface area contributed by atoms with Crippen LogP contribution in [0.4, 0.5) is 0 Å². The van der Waals surface area contributed by atoms with Crippen LogP contribution < -0.4 is 0 Å². The van der Waals surface area contributed by atoms with Crippen LogP contribution in [-0.2, 0) is 0 Å². The van der Waals surface area contributed by atoms with Crippen LogP contribution in [0.15, 0.2) is 12.2 Å². The van der Waals surface area contributed by atoms with Gasteiger partial charge >= 0.3 is 0 Å². The molecule has 0 aromatic carbocycles. The molecule has 0 amide bonds. The summed E-state index contributed by atoms with van der Waals surface area (Å²) < 4.78 is 0. The first-order valence-electron chi connectivity index (χ1n) is 4.45. The summed E-state index contributed by atoms with van der Waals surface area (Å²) in [7, 11) is 0. The third kappa shape index (κ3) is 3.88. The first-order chi connectivity index (χ1) is 5.40. The quantitative estimate of drug-likeness (QED) is 0.621. The first kappa shape index (κ1) is 11.7. The summed E-state index contributed by atoms with van der Waals surface area (Å²) in [5, 5.41) is 19.2. The van der Waals surface area contributed by atoms with Crippen LogP contribution in [0.5, 0.6) is 0 Å². The monoisotopic (exact) mass is 172 g/mol. The van der Waals surface area contributed by atoms with Gasteiger partial charge in [-0.2, -0.15) is 0 Å². The topological polar surface area (TPSA) is 40.5 Å². The van der Waals surface area contributed by atoms with Gasteiger partial charge < -0.3 is 10.2 Å². The van der Waals surface area contributed by atoms with Crippen molar-refractivity contribution < 1.29 is 10.2 Å². The summed E-state index contributed by atoms with van der Waals surface area (Å²) in [6.07, 6.45) is 1.30. The summed E-state index contributed by atoms with van der Waals surface area (Å²) in [6.45, 7) is 9.19. The maximum absolute atomic E-state index is 9.62. The van der Waals surface area contributed by atoms with E-state index in [1.54, 1.807) is 6.92 Å². The van der Waals surface area contributed by atoms with Crippen molar-refractivity contribution in [1.29, 1.82) is 0 Å². The Morgan fingerprint density at radius 1 is 1.58 bits per heavy atom. The van der Waals surface area contributed by atoms with Crippen LogP contribution in [0.3, 0.4) is 0 Å². The highest BCUT2D eigenvalue weighted by atomic mass is 16.3. The predicted molar refractivity (Wildman–Crippen MR) is 51.0 cm³/mol. The average Bonchev–Trinajstić information content (AvgIpc) is 2.00. The van der Waals surface area contributed by atoms with Crippen LogP contribution in [0, 0.1) is 0 Å². The molecule has 12 heavy (non-hydrogen) atoms. The molecule has 0 saturated carbocycles. The van der Waals surface area contributed by atoms with Crippen molar-refractivity contribution in [2.75, 3.05) is 0 Å². The van der Waals surface area contributed by atoms with E-state index in [2.05, 4.69) is 6.58 Å². The molecule has 0 aromatic rings. The molecule has 0 fully saturated rings. The number of aliphatic hydroxyl groups is 2. The summed E-state index contributed by atoms with van der Waals surface area (Å²) in [6, 6.07) is 0. The van der Waals surface area contributed by atoms with E-state index in [1.165, 1.54) is 0 Å². The minimum atomic E-state index is -0.949. The van der Waals surface area contributed by atoms with Crippen LogP contribution >= 0.6 is 0 Å². The molecular formula is C10H20O2. The predicted octanol–water partition coefficient (Wildman–Crippen LogP) is 1.86. The minimum absolute atomic E-state index is 0.574. The molecule has 0 heterocycles. The molecule has 72 valence electrons. The average molecular weight is 172 g/mol. The van der Waals surface area contributed by atoms with E-state index in [9.17, 15) is 10.2 Å². The summed E-state index contributed by atoms with van der Waals surface area (Å²) >= 11 is 0. The molecule has 0 radical (unpaired) electrons. The highest BCUT2D eigenvalue weighted by Gasteiger charge is 2.27. The maximum atomic E-state index is 9.62. The van der Waals surface area contributed by atoms with Crippen molar-refractivity contribution >= 4 is 0 Å². The number of hydrogen-bond donors (Lipinski definition) is 2. The molecular weight excluding hydrogens is 152 g/mol. The third-order valence-electron chi connectivity index (χ3n) is 2.28. The van der Waals surface area contributed by atoms with Gasteiger partial charge in [0.1, 0.15) is 0 Å². The summed E-state index contributed by atoms with van der Waals surface area (Å²) in [5.41, 5.74) is 0.0936. The van der Waals surface area contributed by atoms with Gasteiger partial charge in [-0.1, -0.05) is 12.5 Å². The van der Waals surface area contributed by atoms with E-state index >= 15 is 0 Å². The van der Waals surface area contributed by atoms with Crippen LogP contribution in [0.1, 0.15) is 40.0 Å². The fourth-order valence-corrected chi connectivity index (χ4v) is 0.930. The number of rotatable bonds is 5. The molecule has 2 atom stereocenters. The number of aliphatic hydroxyl groups excluding tert-OH is 1. The molecule has 2 unspecified atom stereocenters. The molecule has 0 aliphatic heterocycles. The van der Waals surface area contributed by atoms with Gasteiger partial charge in [-0.25, -0.2) is 0 Å². The van der Waals surface area contributed by atoms with E-state index in [0.29, 0.717) is 12.8 Å². The Labute approximate surface area is 74.9 Å². The molecule has 2 heteroatoms. The van der Waals surface area contributed by atoms with Gasteiger partial charge in [-0.3, -0.25) is 0 Å². The zero-order chi connectivity index (χ0) is 9.78. The van der Waals surface area contributed by atoms with Gasteiger partial charge in [0.2, 0.25) is 0 Å². The molecule has 0 rings (SSSR count). The zero-order valence-corrected chi connectivity index (χ0v) is 8.30. The number of allylic oxidation sites excluding steroid dienone is 1. The Morgan fingerprint density at radius 3 is 2.42 bits per heavy atom. The third-order valence-corrected chi connectivity index (χ3v) is 2.28. The molecule has 0 bridgehead atoms. The van der Waals surface area contributed by atoms with Crippen molar-refractivity contribution in [2.24, 2.45) is 0 Å². The Hall–Kier alpha value is -0.340. The summed E-state index contributed by atoms with van der Waals surface area (Å²) in [5.74, 6) is 0. The van der Waals surface area contributed by atoms with Crippen molar-refractivity contribution in [2.45, 2.75) is 51.7 Å². The molecule has 0 aliphatic rings. The van der Waals surface area contributed by atoms with Gasteiger partial charge in [-0.15, -0.1) is 6.58 Å². The summed E-state index contributed by atoms with van der Waals surface area (Å²) in [4.78, 5) is 0. The molecule has 2 N–H and O–H groups in total. The van der Waals surface area contributed by atoms with E-state index in [0.717, 1.165) is 12.0 Å². The molecule has 0 spiro atoms. The van der Waals surface area contributed by atoms with E-state index < -0.39 is 11.7 Å². The van der Waals surface area contributed by atoms with Gasteiger partial charge in [0.25, 0.3) is 0 Å². The van der Waals surface area contributed by atoms with Crippen LogP contribution in [-0.4, -0.2) is 21.9 Å². The second kappa shape index (κ2) is 4.63. The fraction of sp³-hybridized carbons (Fsp3) is 0.800. The van der Waals surface area contributed by atoms with Gasteiger partial charge in [0.05, 0.1) is 11.7 Å². The van der Waals surface area contributed by atoms with E-state index in [-0.39, 0.29) is 0 Å². The Bertz CT molecular complexity index is 150. The lowest BCUT2D eigenvalue weighted by Crippen LogP contribution is -2.38. The van der Waals surface area contributed by atoms with Crippen LogP contribution in [0.2, 0.25) is 0 Å². The lowest BCUT2D eigenvalue weighted by molar-refractivity contribution is -0.0666. The first-order valence-corrected chi connectivity index (χ1v) is 4.45. The van der Waals surface area contributed by atoms with E-state index in [4.69, 9.17) is 0 Å². The normalized spacial score (nSPS) is 18.4. The zero-order valence-electron chi connectivity index (χ0n) is 8.30. The number of hydrogen-bond acceptors (Lipinski definition) is 2. The van der Waals surface area contributed by atoms with Crippen molar-refractivity contribution in [1.82, 2.24) is 0 Å². The van der Waals surface area contributed by atoms with Gasteiger partial charge in [0, 0.05) is 0 Å². The van der Waals surface area contributed by atoms with E-state index in [1.807, 2.05) is 13.8 Å². The maximum Gasteiger partial charge on any atom is 0.0875 e. The second-order valence-electron chi connectivity index (χ2n) is 3.72. The standard InChI is InChI=1S/C10H20O2/c1-5-10(4,12)9(11)7-6-8(2)3/h9,11-12H,2,5-7H2,1,3-4H3. The van der Waals surface area contributed by atoms with Gasteiger partial charge in [0.15, 0.2) is 0 Å².